The number of carboxylic acid groups (broad SMARTS) is 1. The number of hydrogen-bond acceptors (Lipinski definition) is 7. The fourth-order valence-electron chi connectivity index (χ4n) is 4.67. The Kier molecular flexibility index (Phi) is 12.1. The van der Waals surface area contributed by atoms with Gasteiger partial charge in [-0.3, -0.25) is 14.4 Å². The molecule has 0 saturated carbocycles. The number of aromatic amines is 1. The average molecular weight is 595 g/mol. The van der Waals surface area contributed by atoms with E-state index in [1.807, 2.05) is 24.3 Å². The Bertz CT molecular complexity index is 1390. The largest absolute Gasteiger partial charge is 0.508 e. The van der Waals surface area contributed by atoms with Crippen LogP contribution in [0.2, 0.25) is 0 Å². The van der Waals surface area contributed by atoms with E-state index in [4.69, 9.17) is 11.5 Å². The lowest BCUT2D eigenvalue weighted by molar-refractivity contribution is -0.142. The number of nitrogens with two attached hydrogens (primary N) is 2. The molecule has 4 atom stereocenters. The molecule has 0 aliphatic rings. The molecule has 12 heteroatoms. The highest BCUT2D eigenvalue weighted by molar-refractivity contribution is 5.95. The minimum atomic E-state index is -1.28. The van der Waals surface area contributed by atoms with E-state index in [0.717, 1.165) is 16.5 Å². The van der Waals surface area contributed by atoms with Crippen LogP contribution in [-0.2, 0) is 32.0 Å². The van der Waals surface area contributed by atoms with E-state index in [1.165, 1.54) is 12.1 Å². The first-order valence-corrected chi connectivity index (χ1v) is 14.4. The Hall–Kier alpha value is -4.42. The van der Waals surface area contributed by atoms with E-state index >= 15 is 0 Å². The Morgan fingerprint density at radius 3 is 2.12 bits per heavy atom. The maximum Gasteiger partial charge on any atom is 0.326 e. The molecule has 0 bridgehead atoms. The number of aromatic nitrogens is 1. The van der Waals surface area contributed by atoms with E-state index in [9.17, 15) is 29.4 Å². The zero-order valence-electron chi connectivity index (χ0n) is 24.5. The van der Waals surface area contributed by atoms with Crippen LogP contribution in [0, 0.1) is 5.92 Å². The summed E-state index contributed by atoms with van der Waals surface area (Å²) in [5, 5.41) is 28.2. The molecule has 0 saturated heterocycles. The number of benzene rings is 2. The van der Waals surface area contributed by atoms with E-state index in [1.54, 1.807) is 32.2 Å². The number of amides is 3. The standard InChI is InChI=1S/C31H42N6O6/c1-18(2)27(33)30(41)36-25(16-20-17-34-23-8-4-3-7-22(20)23)29(40)35-24(9-5-6-14-32)28(39)37-26(31(42)43)15-19-10-12-21(38)13-11-19/h3-4,7-8,10-13,17-18,24-27,34,38H,5-6,9,14-16,32-33H2,1-2H3,(H,35,40)(H,36,41)(H,37,39)(H,42,43). The maximum atomic E-state index is 13.7. The third-order valence-corrected chi connectivity index (χ3v) is 7.32. The quantitative estimate of drug-likeness (QED) is 0.113. The molecule has 3 amide bonds. The minimum Gasteiger partial charge on any atom is -0.508 e. The Morgan fingerprint density at radius 1 is 0.837 bits per heavy atom. The number of carboxylic acids is 1. The molecular formula is C31H42N6O6. The van der Waals surface area contributed by atoms with E-state index in [-0.39, 0.29) is 30.9 Å². The maximum absolute atomic E-state index is 13.7. The van der Waals surface area contributed by atoms with Crippen LogP contribution < -0.4 is 27.4 Å². The van der Waals surface area contributed by atoms with Crippen molar-refractivity contribution in [1.29, 1.82) is 0 Å². The lowest BCUT2D eigenvalue weighted by Crippen LogP contribution is -2.58. The first-order chi connectivity index (χ1) is 20.5. The highest BCUT2D eigenvalue weighted by Crippen LogP contribution is 2.20. The third kappa shape index (κ3) is 9.55. The van der Waals surface area contributed by atoms with Crippen molar-refractivity contribution in [3.63, 3.8) is 0 Å². The first kappa shape index (κ1) is 33.1. The molecule has 1 heterocycles. The number of aromatic hydroxyl groups is 1. The number of unbranched alkanes of at least 4 members (excludes halogenated alkanes) is 1. The van der Waals surface area contributed by atoms with Crippen LogP contribution in [0.1, 0.15) is 44.2 Å². The van der Waals surface area contributed by atoms with Crippen molar-refractivity contribution in [1.82, 2.24) is 20.9 Å². The van der Waals surface area contributed by atoms with Gasteiger partial charge >= 0.3 is 5.97 Å². The molecule has 232 valence electrons. The van der Waals surface area contributed by atoms with Crippen LogP contribution >= 0.6 is 0 Å². The van der Waals surface area contributed by atoms with Gasteiger partial charge in [0.15, 0.2) is 0 Å². The molecule has 1 aromatic heterocycles. The lowest BCUT2D eigenvalue weighted by atomic mass is 10.0. The summed E-state index contributed by atoms with van der Waals surface area (Å²) < 4.78 is 0. The number of H-pyrrole nitrogens is 1. The summed E-state index contributed by atoms with van der Waals surface area (Å²) in [5.74, 6) is -3.17. The van der Waals surface area contributed by atoms with Gasteiger partial charge in [-0.15, -0.1) is 0 Å². The van der Waals surface area contributed by atoms with Gasteiger partial charge in [-0.1, -0.05) is 44.2 Å². The predicted octanol–water partition coefficient (Wildman–Crippen LogP) is 1.31. The average Bonchev–Trinajstić information content (AvgIpc) is 3.39. The van der Waals surface area contributed by atoms with E-state index in [2.05, 4.69) is 20.9 Å². The van der Waals surface area contributed by atoms with Crippen molar-refractivity contribution in [2.24, 2.45) is 17.4 Å². The molecule has 0 aliphatic carbocycles. The van der Waals surface area contributed by atoms with Crippen LogP contribution in [0.4, 0.5) is 0 Å². The fourth-order valence-corrected chi connectivity index (χ4v) is 4.67. The molecule has 0 fully saturated rings. The van der Waals surface area contributed by atoms with Gasteiger partial charge in [-0.25, -0.2) is 4.79 Å². The third-order valence-electron chi connectivity index (χ3n) is 7.32. The summed E-state index contributed by atoms with van der Waals surface area (Å²) >= 11 is 0. The van der Waals surface area contributed by atoms with Crippen molar-refractivity contribution in [3.05, 3.63) is 65.9 Å². The lowest BCUT2D eigenvalue weighted by Gasteiger charge is -2.26. The topological polar surface area (TPSA) is 213 Å². The summed E-state index contributed by atoms with van der Waals surface area (Å²) in [7, 11) is 0. The number of aliphatic carboxylic acids is 1. The number of nitrogens with one attached hydrogen (secondary N) is 4. The van der Waals surface area contributed by atoms with E-state index in [0.29, 0.717) is 24.9 Å². The summed E-state index contributed by atoms with van der Waals surface area (Å²) in [6.07, 6.45) is 3.17. The normalized spacial score (nSPS) is 14.1. The minimum absolute atomic E-state index is 0.0306. The van der Waals surface area contributed by atoms with Crippen LogP contribution in [0.5, 0.6) is 5.75 Å². The van der Waals surface area contributed by atoms with E-state index < -0.39 is 47.9 Å². The van der Waals surface area contributed by atoms with Crippen LogP contribution in [0.3, 0.4) is 0 Å². The van der Waals surface area contributed by atoms with Gasteiger partial charge in [0.05, 0.1) is 6.04 Å². The second-order valence-electron chi connectivity index (χ2n) is 11.0. The number of carbonyl (C=O) groups is 4. The molecule has 43 heavy (non-hydrogen) atoms. The van der Waals surface area contributed by atoms with Gasteiger partial charge in [-0.05, 0) is 61.1 Å². The number of phenolic OH excluding ortho intramolecular Hbond substituents is 1. The van der Waals surface area contributed by atoms with Gasteiger partial charge in [0, 0.05) is 29.9 Å². The Balaban J connectivity index is 1.82. The Labute approximate surface area is 250 Å². The predicted molar refractivity (Wildman–Crippen MR) is 163 cm³/mol. The zero-order valence-corrected chi connectivity index (χ0v) is 24.5. The zero-order chi connectivity index (χ0) is 31.5. The summed E-state index contributed by atoms with van der Waals surface area (Å²) in [4.78, 5) is 55.2. The number of rotatable bonds is 16. The molecule has 0 spiro atoms. The van der Waals surface area contributed by atoms with Crippen molar-refractivity contribution < 1.29 is 29.4 Å². The summed E-state index contributed by atoms with van der Waals surface area (Å²) in [5.41, 5.74) is 14.0. The second-order valence-corrected chi connectivity index (χ2v) is 11.0. The first-order valence-electron chi connectivity index (χ1n) is 14.4. The van der Waals surface area contributed by atoms with Crippen LogP contribution in [0.15, 0.2) is 54.7 Å². The molecule has 0 radical (unpaired) electrons. The van der Waals surface area contributed by atoms with Gasteiger partial charge in [-0.2, -0.15) is 0 Å². The fraction of sp³-hybridized carbons (Fsp3) is 0.419. The molecule has 3 rings (SSSR count). The van der Waals surface area contributed by atoms with Crippen LogP contribution in [-0.4, -0.2) is 69.6 Å². The van der Waals surface area contributed by atoms with Gasteiger partial charge in [0.25, 0.3) is 0 Å². The molecule has 10 N–H and O–H groups in total. The number of hydrogen-bond donors (Lipinski definition) is 8. The molecular weight excluding hydrogens is 552 g/mol. The second kappa shape index (κ2) is 15.7. The summed E-state index contributed by atoms with van der Waals surface area (Å²) in [6, 6.07) is 9.28. The van der Waals surface area contributed by atoms with Crippen molar-refractivity contribution in [2.75, 3.05) is 6.54 Å². The number of para-hydroxylation sites is 1. The van der Waals surface area contributed by atoms with Crippen molar-refractivity contribution in [3.8, 4) is 5.75 Å². The summed E-state index contributed by atoms with van der Waals surface area (Å²) in [6.45, 7) is 3.98. The van der Waals surface area contributed by atoms with Crippen molar-refractivity contribution >= 4 is 34.6 Å². The van der Waals surface area contributed by atoms with Crippen molar-refractivity contribution in [2.45, 2.75) is 70.1 Å². The smallest absolute Gasteiger partial charge is 0.326 e. The highest BCUT2D eigenvalue weighted by atomic mass is 16.4. The van der Waals surface area contributed by atoms with Gasteiger partial charge in [0.1, 0.15) is 23.9 Å². The van der Waals surface area contributed by atoms with Gasteiger partial charge < -0.3 is 42.6 Å². The molecule has 12 nitrogen and oxygen atoms in total. The number of phenols is 1. The highest BCUT2D eigenvalue weighted by Gasteiger charge is 2.31. The van der Waals surface area contributed by atoms with Crippen LogP contribution in [0.25, 0.3) is 10.9 Å². The number of fused-ring (bicyclic) bond motifs is 1. The molecule has 0 aliphatic heterocycles. The Morgan fingerprint density at radius 2 is 1.47 bits per heavy atom. The SMILES string of the molecule is CC(C)C(N)C(=O)NC(Cc1c[nH]c2ccccc12)C(=O)NC(CCCCN)C(=O)NC(Cc1ccc(O)cc1)C(=O)O. The number of carbonyl (C=O) groups excluding carboxylic acids is 3. The monoisotopic (exact) mass is 594 g/mol. The molecule has 3 aromatic rings. The molecule has 4 unspecified atom stereocenters. The molecule has 2 aromatic carbocycles. The van der Waals surface area contributed by atoms with Gasteiger partial charge in [0.2, 0.25) is 17.7 Å².